The number of benzene rings is 2. The standard InChI is InChI=1S/C18H21FN2/c1-14-12-15(8-9-16(14)19)13-20-17-6-2-3-7-18(17)21-10-4-5-11-21/h2-3,6-9,12,20H,4-5,10-11,13H2,1H3. The molecule has 1 saturated heterocycles. The maximum atomic E-state index is 13.3. The fraction of sp³-hybridized carbons (Fsp3) is 0.333. The van der Waals surface area contributed by atoms with E-state index in [9.17, 15) is 4.39 Å². The summed E-state index contributed by atoms with van der Waals surface area (Å²) < 4.78 is 13.3. The van der Waals surface area contributed by atoms with Gasteiger partial charge < -0.3 is 10.2 Å². The summed E-state index contributed by atoms with van der Waals surface area (Å²) in [6.45, 7) is 4.78. The average molecular weight is 284 g/mol. The SMILES string of the molecule is Cc1cc(CNc2ccccc2N2CCCC2)ccc1F. The van der Waals surface area contributed by atoms with E-state index in [1.807, 2.05) is 12.1 Å². The van der Waals surface area contributed by atoms with Crippen molar-refractivity contribution in [3.05, 3.63) is 59.4 Å². The van der Waals surface area contributed by atoms with Crippen molar-refractivity contribution in [3.63, 3.8) is 0 Å². The number of para-hydroxylation sites is 2. The molecule has 0 spiro atoms. The van der Waals surface area contributed by atoms with E-state index < -0.39 is 0 Å². The zero-order valence-electron chi connectivity index (χ0n) is 12.4. The van der Waals surface area contributed by atoms with E-state index in [0.29, 0.717) is 12.1 Å². The summed E-state index contributed by atoms with van der Waals surface area (Å²) in [4.78, 5) is 2.43. The van der Waals surface area contributed by atoms with Gasteiger partial charge in [-0.2, -0.15) is 0 Å². The Morgan fingerprint density at radius 3 is 2.62 bits per heavy atom. The van der Waals surface area contributed by atoms with Gasteiger partial charge in [-0.3, -0.25) is 0 Å². The van der Waals surface area contributed by atoms with Gasteiger partial charge in [-0.1, -0.05) is 24.3 Å². The highest BCUT2D eigenvalue weighted by Gasteiger charge is 2.15. The normalized spacial score (nSPS) is 14.5. The molecule has 0 aliphatic carbocycles. The van der Waals surface area contributed by atoms with Crippen LogP contribution in [0.15, 0.2) is 42.5 Å². The molecule has 1 N–H and O–H groups in total. The van der Waals surface area contributed by atoms with Crippen LogP contribution < -0.4 is 10.2 Å². The fourth-order valence-electron chi connectivity index (χ4n) is 2.87. The lowest BCUT2D eigenvalue weighted by molar-refractivity contribution is 0.617. The summed E-state index contributed by atoms with van der Waals surface area (Å²) in [6, 6.07) is 13.7. The first-order valence-electron chi connectivity index (χ1n) is 7.57. The summed E-state index contributed by atoms with van der Waals surface area (Å²) in [5.41, 5.74) is 4.22. The van der Waals surface area contributed by atoms with Crippen molar-refractivity contribution in [3.8, 4) is 0 Å². The van der Waals surface area contributed by atoms with Gasteiger partial charge in [0.2, 0.25) is 0 Å². The fourth-order valence-corrected chi connectivity index (χ4v) is 2.87. The van der Waals surface area contributed by atoms with Gasteiger partial charge in [-0.15, -0.1) is 0 Å². The minimum absolute atomic E-state index is 0.142. The van der Waals surface area contributed by atoms with Crippen LogP contribution in [0.3, 0.4) is 0 Å². The van der Waals surface area contributed by atoms with E-state index in [1.165, 1.54) is 18.5 Å². The first-order chi connectivity index (χ1) is 10.2. The molecule has 21 heavy (non-hydrogen) atoms. The number of anilines is 2. The molecule has 0 unspecified atom stereocenters. The Bertz CT molecular complexity index is 618. The second-order valence-electron chi connectivity index (χ2n) is 5.65. The Kier molecular flexibility index (Phi) is 4.09. The number of nitrogens with one attached hydrogen (secondary N) is 1. The van der Waals surface area contributed by atoms with Crippen LogP contribution in [0.4, 0.5) is 15.8 Å². The molecule has 2 aromatic carbocycles. The lowest BCUT2D eigenvalue weighted by atomic mass is 10.1. The van der Waals surface area contributed by atoms with Crippen LogP contribution in [0.25, 0.3) is 0 Å². The summed E-state index contributed by atoms with van der Waals surface area (Å²) in [6.07, 6.45) is 2.54. The van der Waals surface area contributed by atoms with Gasteiger partial charge in [-0.05, 0) is 49.1 Å². The third-order valence-electron chi connectivity index (χ3n) is 4.06. The van der Waals surface area contributed by atoms with Crippen LogP contribution in [-0.2, 0) is 6.54 Å². The molecular formula is C18H21FN2. The van der Waals surface area contributed by atoms with Crippen molar-refractivity contribution in [1.29, 1.82) is 0 Å². The van der Waals surface area contributed by atoms with E-state index in [1.54, 1.807) is 13.0 Å². The van der Waals surface area contributed by atoms with Crippen LogP contribution in [0.1, 0.15) is 24.0 Å². The molecule has 1 aliphatic rings. The minimum Gasteiger partial charge on any atom is -0.379 e. The Balaban J connectivity index is 1.74. The second kappa shape index (κ2) is 6.17. The molecule has 0 bridgehead atoms. The lowest BCUT2D eigenvalue weighted by Gasteiger charge is -2.22. The number of hydrogen-bond acceptors (Lipinski definition) is 2. The zero-order chi connectivity index (χ0) is 14.7. The lowest BCUT2D eigenvalue weighted by Crippen LogP contribution is -2.19. The third-order valence-corrected chi connectivity index (χ3v) is 4.06. The Morgan fingerprint density at radius 1 is 1.10 bits per heavy atom. The van der Waals surface area contributed by atoms with Crippen molar-refractivity contribution in [2.75, 3.05) is 23.3 Å². The summed E-state index contributed by atoms with van der Waals surface area (Å²) in [5, 5.41) is 3.49. The van der Waals surface area contributed by atoms with Crippen LogP contribution >= 0.6 is 0 Å². The number of nitrogens with zero attached hydrogens (tertiary/aromatic N) is 1. The Labute approximate surface area is 125 Å². The molecule has 3 heteroatoms. The van der Waals surface area contributed by atoms with Crippen LogP contribution in [0.2, 0.25) is 0 Å². The molecule has 2 aromatic rings. The van der Waals surface area contributed by atoms with E-state index in [4.69, 9.17) is 0 Å². The van der Waals surface area contributed by atoms with Crippen molar-refractivity contribution in [2.24, 2.45) is 0 Å². The van der Waals surface area contributed by atoms with E-state index in [0.717, 1.165) is 24.3 Å². The van der Waals surface area contributed by atoms with Gasteiger partial charge in [0.15, 0.2) is 0 Å². The molecule has 0 aromatic heterocycles. The number of hydrogen-bond donors (Lipinski definition) is 1. The van der Waals surface area contributed by atoms with Gasteiger partial charge in [-0.25, -0.2) is 4.39 Å². The third kappa shape index (κ3) is 3.18. The minimum atomic E-state index is -0.142. The molecule has 0 amide bonds. The molecule has 3 rings (SSSR count). The van der Waals surface area contributed by atoms with E-state index in [-0.39, 0.29) is 5.82 Å². The van der Waals surface area contributed by atoms with E-state index >= 15 is 0 Å². The van der Waals surface area contributed by atoms with Crippen molar-refractivity contribution >= 4 is 11.4 Å². The first kappa shape index (κ1) is 13.9. The van der Waals surface area contributed by atoms with Crippen LogP contribution in [0, 0.1) is 12.7 Å². The molecule has 110 valence electrons. The Hall–Kier alpha value is -2.03. The molecule has 1 heterocycles. The summed E-state index contributed by atoms with van der Waals surface area (Å²) >= 11 is 0. The zero-order valence-corrected chi connectivity index (χ0v) is 12.4. The smallest absolute Gasteiger partial charge is 0.126 e. The largest absolute Gasteiger partial charge is 0.379 e. The maximum absolute atomic E-state index is 13.3. The molecule has 0 atom stereocenters. The van der Waals surface area contributed by atoms with Gasteiger partial charge in [0.25, 0.3) is 0 Å². The van der Waals surface area contributed by atoms with Crippen molar-refractivity contribution < 1.29 is 4.39 Å². The summed E-state index contributed by atoms with van der Waals surface area (Å²) in [7, 11) is 0. The molecule has 0 radical (unpaired) electrons. The highest BCUT2D eigenvalue weighted by molar-refractivity contribution is 5.70. The topological polar surface area (TPSA) is 15.3 Å². The highest BCUT2D eigenvalue weighted by Crippen LogP contribution is 2.29. The van der Waals surface area contributed by atoms with Gasteiger partial charge in [0, 0.05) is 19.6 Å². The molecule has 1 aliphatic heterocycles. The predicted molar refractivity (Wildman–Crippen MR) is 86.4 cm³/mol. The van der Waals surface area contributed by atoms with Gasteiger partial charge in [0.05, 0.1) is 11.4 Å². The molecular weight excluding hydrogens is 263 g/mol. The number of rotatable bonds is 4. The number of halogens is 1. The quantitative estimate of drug-likeness (QED) is 0.898. The first-order valence-corrected chi connectivity index (χ1v) is 7.57. The second-order valence-corrected chi connectivity index (χ2v) is 5.65. The van der Waals surface area contributed by atoms with Gasteiger partial charge >= 0.3 is 0 Å². The van der Waals surface area contributed by atoms with Crippen LogP contribution in [0.5, 0.6) is 0 Å². The summed E-state index contributed by atoms with van der Waals surface area (Å²) in [5.74, 6) is -0.142. The van der Waals surface area contributed by atoms with Crippen LogP contribution in [-0.4, -0.2) is 13.1 Å². The monoisotopic (exact) mass is 284 g/mol. The molecule has 2 nitrogen and oxygen atoms in total. The van der Waals surface area contributed by atoms with Crippen molar-refractivity contribution in [2.45, 2.75) is 26.3 Å². The van der Waals surface area contributed by atoms with E-state index in [2.05, 4.69) is 34.5 Å². The molecule has 1 fully saturated rings. The highest BCUT2D eigenvalue weighted by atomic mass is 19.1. The van der Waals surface area contributed by atoms with Gasteiger partial charge in [0.1, 0.15) is 5.82 Å². The molecule has 0 saturated carbocycles. The maximum Gasteiger partial charge on any atom is 0.126 e. The number of aryl methyl sites for hydroxylation is 1. The predicted octanol–water partition coefficient (Wildman–Crippen LogP) is 4.35. The average Bonchev–Trinajstić information content (AvgIpc) is 3.03. The van der Waals surface area contributed by atoms with Crippen molar-refractivity contribution in [1.82, 2.24) is 0 Å². The Morgan fingerprint density at radius 2 is 1.86 bits per heavy atom.